The third-order valence-corrected chi connectivity index (χ3v) is 3.00. The van der Waals surface area contributed by atoms with Crippen molar-refractivity contribution in [3.63, 3.8) is 0 Å². The van der Waals surface area contributed by atoms with Crippen molar-refractivity contribution in [2.45, 2.75) is 12.8 Å². The fourth-order valence-electron chi connectivity index (χ4n) is 1.47. The third kappa shape index (κ3) is 2.27. The molecule has 1 aromatic heterocycles. The molecule has 0 saturated carbocycles. The van der Waals surface area contributed by atoms with Crippen molar-refractivity contribution in [2.75, 3.05) is 11.5 Å². The fourth-order valence-corrected chi connectivity index (χ4v) is 2.07. The predicted octanol–water partition coefficient (Wildman–Crippen LogP) is 2.09. The monoisotopic (exact) mass is 219 g/mol. The van der Waals surface area contributed by atoms with Crippen LogP contribution in [0.4, 0.5) is 11.4 Å². The number of nitrogens with two attached hydrogens (primary N) is 2. The van der Waals surface area contributed by atoms with Crippen molar-refractivity contribution >= 4 is 22.7 Å². The topological polar surface area (TPSA) is 64.9 Å². The third-order valence-electron chi connectivity index (χ3n) is 2.36. The SMILES string of the molecule is Nc1cccc(CCc2cscn2)c1N. The largest absolute Gasteiger partial charge is 0.397 e. The number of hydrogen-bond acceptors (Lipinski definition) is 4. The molecule has 0 amide bonds. The summed E-state index contributed by atoms with van der Waals surface area (Å²) in [5.74, 6) is 0. The fraction of sp³-hybridized carbons (Fsp3) is 0.182. The van der Waals surface area contributed by atoms with Crippen LogP contribution in [0.25, 0.3) is 0 Å². The standard InChI is InChI=1S/C11H13N3S/c12-10-3-1-2-8(11(10)13)4-5-9-6-15-7-14-9/h1-3,6-7H,4-5,12-13H2. The van der Waals surface area contributed by atoms with Crippen LogP contribution in [-0.2, 0) is 12.8 Å². The molecule has 4 N–H and O–H groups in total. The van der Waals surface area contributed by atoms with Gasteiger partial charge in [-0.2, -0.15) is 0 Å². The Hall–Kier alpha value is -1.55. The molecule has 15 heavy (non-hydrogen) atoms. The highest BCUT2D eigenvalue weighted by Gasteiger charge is 2.03. The number of hydrogen-bond donors (Lipinski definition) is 2. The van der Waals surface area contributed by atoms with Gasteiger partial charge in [0.25, 0.3) is 0 Å². The summed E-state index contributed by atoms with van der Waals surface area (Å²) in [7, 11) is 0. The molecule has 1 aromatic carbocycles. The van der Waals surface area contributed by atoms with Crippen LogP contribution < -0.4 is 11.5 Å². The summed E-state index contributed by atoms with van der Waals surface area (Å²) in [5.41, 5.74) is 17.0. The molecule has 0 atom stereocenters. The number of rotatable bonds is 3. The minimum absolute atomic E-state index is 0.658. The summed E-state index contributed by atoms with van der Waals surface area (Å²) in [5, 5.41) is 2.06. The van der Waals surface area contributed by atoms with Crippen LogP contribution in [0.15, 0.2) is 29.1 Å². The molecule has 0 aliphatic heterocycles. The van der Waals surface area contributed by atoms with Crippen LogP contribution in [0.5, 0.6) is 0 Å². The molecule has 78 valence electrons. The van der Waals surface area contributed by atoms with Crippen LogP contribution in [0.3, 0.4) is 0 Å². The van der Waals surface area contributed by atoms with Crippen LogP contribution in [0, 0.1) is 0 Å². The number of nitrogen functional groups attached to an aromatic ring is 2. The van der Waals surface area contributed by atoms with Gasteiger partial charge in [0.1, 0.15) is 0 Å². The average molecular weight is 219 g/mol. The zero-order valence-electron chi connectivity index (χ0n) is 8.31. The van der Waals surface area contributed by atoms with Crippen LogP contribution in [0.1, 0.15) is 11.3 Å². The Bertz CT molecular complexity index is 437. The van der Waals surface area contributed by atoms with E-state index >= 15 is 0 Å². The maximum Gasteiger partial charge on any atom is 0.0794 e. The number of anilines is 2. The van der Waals surface area contributed by atoms with Crippen LogP contribution in [0.2, 0.25) is 0 Å². The average Bonchev–Trinajstić information content (AvgIpc) is 2.73. The summed E-state index contributed by atoms with van der Waals surface area (Å²) < 4.78 is 0. The second kappa shape index (κ2) is 4.31. The van der Waals surface area contributed by atoms with Gasteiger partial charge >= 0.3 is 0 Å². The van der Waals surface area contributed by atoms with Gasteiger partial charge in [-0.05, 0) is 24.5 Å². The lowest BCUT2D eigenvalue weighted by Crippen LogP contribution is -2.01. The Morgan fingerprint density at radius 3 is 2.80 bits per heavy atom. The molecule has 0 aliphatic rings. The molecule has 0 unspecified atom stereocenters. The van der Waals surface area contributed by atoms with E-state index in [1.54, 1.807) is 11.3 Å². The minimum atomic E-state index is 0.658. The zero-order chi connectivity index (χ0) is 10.7. The Morgan fingerprint density at radius 2 is 2.07 bits per heavy atom. The number of benzene rings is 1. The number of para-hydroxylation sites is 1. The van der Waals surface area contributed by atoms with E-state index in [4.69, 9.17) is 11.5 Å². The number of aromatic nitrogens is 1. The van der Waals surface area contributed by atoms with E-state index in [2.05, 4.69) is 10.4 Å². The lowest BCUT2D eigenvalue weighted by atomic mass is 10.1. The van der Waals surface area contributed by atoms with Crippen LogP contribution >= 0.6 is 11.3 Å². The first-order valence-electron chi connectivity index (χ1n) is 4.77. The lowest BCUT2D eigenvalue weighted by molar-refractivity contribution is 0.928. The molecular formula is C11H13N3S. The zero-order valence-corrected chi connectivity index (χ0v) is 9.13. The van der Waals surface area contributed by atoms with Gasteiger partial charge in [-0.25, -0.2) is 4.98 Å². The van der Waals surface area contributed by atoms with Crippen molar-refractivity contribution < 1.29 is 0 Å². The molecule has 0 bridgehead atoms. The van der Waals surface area contributed by atoms with Crippen molar-refractivity contribution in [3.05, 3.63) is 40.3 Å². The van der Waals surface area contributed by atoms with Crippen LogP contribution in [-0.4, -0.2) is 4.98 Å². The van der Waals surface area contributed by atoms with Gasteiger partial charge in [0.15, 0.2) is 0 Å². The smallest absolute Gasteiger partial charge is 0.0794 e. The van der Waals surface area contributed by atoms with E-state index in [0.717, 1.165) is 24.1 Å². The minimum Gasteiger partial charge on any atom is -0.397 e. The molecule has 4 heteroatoms. The van der Waals surface area contributed by atoms with Crippen molar-refractivity contribution in [1.82, 2.24) is 4.98 Å². The summed E-state index contributed by atoms with van der Waals surface area (Å²) in [6, 6.07) is 5.77. The van der Waals surface area contributed by atoms with E-state index in [0.29, 0.717) is 11.4 Å². The summed E-state index contributed by atoms with van der Waals surface area (Å²) in [6.45, 7) is 0. The van der Waals surface area contributed by atoms with E-state index in [1.165, 1.54) is 0 Å². The number of aryl methyl sites for hydroxylation is 2. The first kappa shape index (κ1) is 9.98. The Labute approximate surface area is 92.8 Å². The molecule has 0 spiro atoms. The van der Waals surface area contributed by atoms with Gasteiger partial charge in [0.2, 0.25) is 0 Å². The summed E-state index contributed by atoms with van der Waals surface area (Å²) >= 11 is 1.62. The van der Waals surface area contributed by atoms with Gasteiger partial charge < -0.3 is 11.5 Å². The van der Waals surface area contributed by atoms with Crippen molar-refractivity contribution in [2.24, 2.45) is 0 Å². The van der Waals surface area contributed by atoms with E-state index in [9.17, 15) is 0 Å². The maximum atomic E-state index is 5.88. The predicted molar refractivity (Wildman–Crippen MR) is 64.8 cm³/mol. The maximum absolute atomic E-state index is 5.88. The molecule has 1 heterocycles. The lowest BCUT2D eigenvalue weighted by Gasteiger charge is -2.06. The van der Waals surface area contributed by atoms with Gasteiger partial charge in [0.05, 0.1) is 22.6 Å². The summed E-state index contributed by atoms with van der Waals surface area (Å²) in [6.07, 6.45) is 1.80. The molecule has 2 rings (SSSR count). The van der Waals surface area contributed by atoms with Crippen molar-refractivity contribution in [3.8, 4) is 0 Å². The summed E-state index contributed by atoms with van der Waals surface area (Å²) in [4.78, 5) is 4.23. The number of nitrogens with zero attached hydrogens (tertiary/aromatic N) is 1. The van der Waals surface area contributed by atoms with Gasteiger partial charge in [-0.1, -0.05) is 12.1 Å². The molecular weight excluding hydrogens is 206 g/mol. The highest BCUT2D eigenvalue weighted by atomic mass is 32.1. The molecule has 0 aliphatic carbocycles. The quantitative estimate of drug-likeness (QED) is 0.777. The highest BCUT2D eigenvalue weighted by molar-refractivity contribution is 7.07. The van der Waals surface area contributed by atoms with Gasteiger partial charge in [-0.3, -0.25) is 0 Å². The van der Waals surface area contributed by atoms with E-state index in [1.807, 2.05) is 23.7 Å². The van der Waals surface area contributed by atoms with Crippen molar-refractivity contribution in [1.29, 1.82) is 0 Å². The Kier molecular flexibility index (Phi) is 2.87. The van der Waals surface area contributed by atoms with E-state index < -0.39 is 0 Å². The highest BCUT2D eigenvalue weighted by Crippen LogP contribution is 2.20. The molecule has 0 fully saturated rings. The Morgan fingerprint density at radius 1 is 1.20 bits per heavy atom. The first-order valence-corrected chi connectivity index (χ1v) is 5.71. The van der Waals surface area contributed by atoms with Gasteiger partial charge in [-0.15, -0.1) is 11.3 Å². The first-order chi connectivity index (χ1) is 7.27. The number of thiazole rings is 1. The molecule has 2 aromatic rings. The second-order valence-corrected chi connectivity index (χ2v) is 4.12. The Balaban J connectivity index is 2.08. The molecule has 0 saturated heterocycles. The van der Waals surface area contributed by atoms with Gasteiger partial charge in [0, 0.05) is 5.38 Å². The second-order valence-electron chi connectivity index (χ2n) is 3.40. The van der Waals surface area contributed by atoms with E-state index in [-0.39, 0.29) is 0 Å². The molecule has 0 radical (unpaired) electrons. The molecule has 3 nitrogen and oxygen atoms in total. The normalized spacial score (nSPS) is 10.4.